The molecule has 2 saturated heterocycles. The van der Waals surface area contributed by atoms with Crippen LogP contribution in [0.1, 0.15) is 19.3 Å². The number of nitrogens with zero attached hydrogens (tertiary/aromatic N) is 3. The largest absolute Gasteiger partial charge is 0.368 e. The van der Waals surface area contributed by atoms with Crippen LogP contribution >= 0.6 is 0 Å². The van der Waals surface area contributed by atoms with Gasteiger partial charge in [-0.15, -0.1) is 0 Å². The highest BCUT2D eigenvalue weighted by molar-refractivity contribution is 5.85. The number of amides is 2. The molecule has 2 heterocycles. The van der Waals surface area contributed by atoms with E-state index in [4.69, 9.17) is 0 Å². The van der Waals surface area contributed by atoms with E-state index in [1.165, 1.54) is 12.1 Å². The SMILES string of the molecule is O=C(CN1CCCCC1=O)N1CCN(c2ccc(F)cc2)CC1. The Labute approximate surface area is 135 Å². The molecule has 124 valence electrons. The van der Waals surface area contributed by atoms with Gasteiger partial charge in [-0.2, -0.15) is 0 Å². The van der Waals surface area contributed by atoms with Gasteiger partial charge in [0.2, 0.25) is 11.8 Å². The molecule has 0 aliphatic carbocycles. The van der Waals surface area contributed by atoms with Crippen LogP contribution in [0.4, 0.5) is 10.1 Å². The van der Waals surface area contributed by atoms with Crippen molar-refractivity contribution >= 4 is 17.5 Å². The summed E-state index contributed by atoms with van der Waals surface area (Å²) in [6.45, 7) is 3.63. The summed E-state index contributed by atoms with van der Waals surface area (Å²) in [5, 5.41) is 0. The Morgan fingerprint density at radius 1 is 1.00 bits per heavy atom. The third kappa shape index (κ3) is 3.81. The van der Waals surface area contributed by atoms with Crippen molar-refractivity contribution in [3.8, 4) is 0 Å². The Balaban J connectivity index is 1.51. The van der Waals surface area contributed by atoms with Crippen LogP contribution in [0.3, 0.4) is 0 Å². The Hall–Kier alpha value is -2.11. The summed E-state index contributed by atoms with van der Waals surface area (Å²) in [4.78, 5) is 29.8. The van der Waals surface area contributed by atoms with Gasteiger partial charge in [0.25, 0.3) is 0 Å². The Kier molecular flexibility index (Phi) is 4.79. The molecule has 1 aromatic rings. The van der Waals surface area contributed by atoms with Crippen molar-refractivity contribution in [3.63, 3.8) is 0 Å². The van der Waals surface area contributed by atoms with Crippen molar-refractivity contribution in [3.05, 3.63) is 30.1 Å². The van der Waals surface area contributed by atoms with Crippen LogP contribution in [0.25, 0.3) is 0 Å². The van der Waals surface area contributed by atoms with Gasteiger partial charge in [0.15, 0.2) is 0 Å². The third-order valence-electron chi connectivity index (χ3n) is 4.57. The molecule has 5 nitrogen and oxygen atoms in total. The highest BCUT2D eigenvalue weighted by Gasteiger charge is 2.25. The van der Waals surface area contributed by atoms with Gasteiger partial charge in [-0.05, 0) is 37.1 Å². The number of hydrogen-bond acceptors (Lipinski definition) is 3. The van der Waals surface area contributed by atoms with Crippen molar-refractivity contribution < 1.29 is 14.0 Å². The number of benzene rings is 1. The summed E-state index contributed by atoms with van der Waals surface area (Å²) in [7, 11) is 0. The Morgan fingerprint density at radius 3 is 2.35 bits per heavy atom. The molecule has 1 aromatic carbocycles. The Bertz CT molecular complexity index is 568. The van der Waals surface area contributed by atoms with E-state index in [9.17, 15) is 14.0 Å². The highest BCUT2D eigenvalue weighted by Crippen LogP contribution is 2.17. The van der Waals surface area contributed by atoms with Crippen LogP contribution in [0.15, 0.2) is 24.3 Å². The summed E-state index contributed by atoms with van der Waals surface area (Å²) < 4.78 is 13.0. The molecule has 2 amide bonds. The lowest BCUT2D eigenvalue weighted by atomic mass is 10.1. The zero-order valence-corrected chi connectivity index (χ0v) is 13.2. The molecule has 0 N–H and O–H groups in total. The van der Waals surface area contributed by atoms with Crippen molar-refractivity contribution in [1.82, 2.24) is 9.80 Å². The van der Waals surface area contributed by atoms with Gasteiger partial charge < -0.3 is 14.7 Å². The molecule has 0 spiro atoms. The van der Waals surface area contributed by atoms with Gasteiger partial charge >= 0.3 is 0 Å². The van der Waals surface area contributed by atoms with Crippen molar-refractivity contribution in [2.75, 3.05) is 44.2 Å². The van der Waals surface area contributed by atoms with Gasteiger partial charge in [0.05, 0.1) is 6.54 Å². The maximum atomic E-state index is 13.0. The number of likely N-dealkylation sites (tertiary alicyclic amines) is 1. The molecule has 3 rings (SSSR count). The molecule has 0 atom stereocenters. The normalized spacial score (nSPS) is 19.2. The molecule has 23 heavy (non-hydrogen) atoms. The molecule has 0 bridgehead atoms. The molecular weight excluding hydrogens is 297 g/mol. The van der Waals surface area contributed by atoms with Crippen LogP contribution in [0, 0.1) is 5.82 Å². The summed E-state index contributed by atoms with van der Waals surface area (Å²) in [6, 6.07) is 6.43. The number of piperidine rings is 1. The van der Waals surface area contributed by atoms with E-state index in [-0.39, 0.29) is 24.2 Å². The van der Waals surface area contributed by atoms with Crippen molar-refractivity contribution in [2.45, 2.75) is 19.3 Å². The maximum absolute atomic E-state index is 13.0. The fourth-order valence-electron chi connectivity index (χ4n) is 3.16. The summed E-state index contributed by atoms with van der Waals surface area (Å²) in [5.41, 5.74) is 0.977. The first kappa shape index (κ1) is 15.8. The van der Waals surface area contributed by atoms with Crippen LogP contribution in [-0.2, 0) is 9.59 Å². The van der Waals surface area contributed by atoms with Gasteiger partial charge in [0, 0.05) is 44.8 Å². The lowest BCUT2D eigenvalue weighted by molar-refractivity contribution is -0.142. The number of anilines is 1. The summed E-state index contributed by atoms with van der Waals surface area (Å²) in [6.07, 6.45) is 2.48. The maximum Gasteiger partial charge on any atom is 0.242 e. The second kappa shape index (κ2) is 6.98. The van der Waals surface area contributed by atoms with Gasteiger partial charge in [0.1, 0.15) is 5.82 Å². The molecule has 0 saturated carbocycles. The van der Waals surface area contributed by atoms with E-state index >= 15 is 0 Å². The van der Waals surface area contributed by atoms with Crippen LogP contribution in [0.2, 0.25) is 0 Å². The minimum atomic E-state index is -0.242. The molecule has 0 aromatic heterocycles. The first-order valence-corrected chi connectivity index (χ1v) is 8.19. The Morgan fingerprint density at radius 2 is 1.70 bits per heavy atom. The topological polar surface area (TPSA) is 43.9 Å². The molecule has 6 heteroatoms. The fraction of sp³-hybridized carbons (Fsp3) is 0.529. The zero-order chi connectivity index (χ0) is 16.2. The second-order valence-electron chi connectivity index (χ2n) is 6.12. The van der Waals surface area contributed by atoms with E-state index in [0.717, 1.165) is 31.6 Å². The van der Waals surface area contributed by atoms with E-state index in [0.29, 0.717) is 26.1 Å². The quantitative estimate of drug-likeness (QED) is 0.848. The molecule has 2 fully saturated rings. The summed E-state index contributed by atoms with van der Waals surface area (Å²) in [5.74, 6) is -0.123. The molecule has 2 aliphatic rings. The van der Waals surface area contributed by atoms with Crippen LogP contribution < -0.4 is 4.90 Å². The monoisotopic (exact) mass is 319 g/mol. The number of carbonyl (C=O) groups is 2. The van der Waals surface area contributed by atoms with Crippen LogP contribution in [-0.4, -0.2) is 60.9 Å². The van der Waals surface area contributed by atoms with Crippen LogP contribution in [0.5, 0.6) is 0 Å². The standard InChI is InChI=1S/C17H22FN3O2/c18-14-4-6-15(7-5-14)19-9-11-20(12-10-19)17(23)13-21-8-2-1-3-16(21)22/h4-7H,1-3,8-13H2. The molecule has 0 unspecified atom stereocenters. The highest BCUT2D eigenvalue weighted by atomic mass is 19.1. The average Bonchev–Trinajstić information content (AvgIpc) is 2.58. The first-order chi connectivity index (χ1) is 11.1. The smallest absolute Gasteiger partial charge is 0.242 e. The van der Waals surface area contributed by atoms with E-state index < -0.39 is 0 Å². The second-order valence-corrected chi connectivity index (χ2v) is 6.12. The number of piperazine rings is 1. The predicted molar refractivity (Wildman–Crippen MR) is 85.6 cm³/mol. The third-order valence-corrected chi connectivity index (χ3v) is 4.57. The average molecular weight is 319 g/mol. The number of halogens is 1. The number of carbonyl (C=O) groups excluding carboxylic acids is 2. The predicted octanol–water partition coefficient (Wildman–Crippen LogP) is 1.49. The summed E-state index contributed by atoms with van der Waals surface area (Å²) >= 11 is 0. The first-order valence-electron chi connectivity index (χ1n) is 8.19. The minimum absolute atomic E-state index is 0.0269. The number of rotatable bonds is 3. The van der Waals surface area contributed by atoms with Gasteiger partial charge in [-0.3, -0.25) is 9.59 Å². The van der Waals surface area contributed by atoms with Crippen molar-refractivity contribution in [1.29, 1.82) is 0 Å². The van der Waals surface area contributed by atoms with Gasteiger partial charge in [-0.25, -0.2) is 4.39 Å². The zero-order valence-electron chi connectivity index (χ0n) is 13.2. The van der Waals surface area contributed by atoms with E-state index in [2.05, 4.69) is 4.90 Å². The number of hydrogen-bond donors (Lipinski definition) is 0. The molecule has 0 radical (unpaired) electrons. The lowest BCUT2D eigenvalue weighted by Crippen LogP contribution is -2.52. The van der Waals surface area contributed by atoms with E-state index in [1.807, 2.05) is 4.90 Å². The fourth-order valence-corrected chi connectivity index (χ4v) is 3.16. The van der Waals surface area contributed by atoms with E-state index in [1.54, 1.807) is 17.0 Å². The lowest BCUT2D eigenvalue weighted by Gasteiger charge is -2.37. The minimum Gasteiger partial charge on any atom is -0.368 e. The van der Waals surface area contributed by atoms with Gasteiger partial charge in [-0.1, -0.05) is 0 Å². The molecular formula is C17H22FN3O2. The van der Waals surface area contributed by atoms with Crippen molar-refractivity contribution in [2.24, 2.45) is 0 Å². The molecule has 2 aliphatic heterocycles.